The molecule has 7 heteroatoms. The van der Waals surface area contributed by atoms with Crippen LogP contribution in [0.5, 0.6) is 0 Å². The van der Waals surface area contributed by atoms with E-state index in [1.807, 2.05) is 0 Å². The lowest BCUT2D eigenvalue weighted by Crippen LogP contribution is -2.39. The monoisotopic (exact) mass is 415 g/mol. The van der Waals surface area contributed by atoms with Gasteiger partial charge in [-0.15, -0.1) is 24.0 Å². The zero-order valence-electron chi connectivity index (χ0n) is 13.2. The van der Waals surface area contributed by atoms with Crippen molar-refractivity contribution in [3.05, 3.63) is 0 Å². The molecular formula is C14H30IN3O3. The minimum Gasteiger partial charge on any atom is -0.382 e. The van der Waals surface area contributed by atoms with E-state index in [1.165, 1.54) is 12.8 Å². The Kier molecular flexibility index (Phi) is 14.7. The van der Waals surface area contributed by atoms with Crippen LogP contribution < -0.4 is 10.6 Å². The van der Waals surface area contributed by atoms with E-state index >= 15 is 0 Å². The SMILES string of the molecule is CN=C(NCCCOCCOC)NCCOCC1CC1.I. The summed E-state index contributed by atoms with van der Waals surface area (Å²) in [4.78, 5) is 4.16. The molecule has 0 spiro atoms. The number of ether oxygens (including phenoxy) is 3. The van der Waals surface area contributed by atoms with Crippen molar-refractivity contribution < 1.29 is 14.2 Å². The summed E-state index contributed by atoms with van der Waals surface area (Å²) in [6, 6.07) is 0. The third kappa shape index (κ3) is 13.3. The van der Waals surface area contributed by atoms with Crippen LogP contribution in [-0.4, -0.2) is 66.2 Å². The van der Waals surface area contributed by atoms with E-state index in [9.17, 15) is 0 Å². The van der Waals surface area contributed by atoms with Gasteiger partial charge in [0.1, 0.15) is 0 Å². The smallest absolute Gasteiger partial charge is 0.191 e. The molecule has 1 rings (SSSR count). The normalized spacial score (nSPS) is 14.7. The van der Waals surface area contributed by atoms with Gasteiger partial charge in [-0.3, -0.25) is 4.99 Å². The zero-order valence-corrected chi connectivity index (χ0v) is 15.6. The fourth-order valence-electron chi connectivity index (χ4n) is 1.62. The third-order valence-electron chi connectivity index (χ3n) is 3.00. The van der Waals surface area contributed by atoms with Gasteiger partial charge in [0.25, 0.3) is 0 Å². The van der Waals surface area contributed by atoms with Crippen molar-refractivity contribution in [2.24, 2.45) is 10.9 Å². The predicted octanol–water partition coefficient (Wildman–Crippen LogP) is 1.25. The van der Waals surface area contributed by atoms with E-state index in [1.54, 1.807) is 14.2 Å². The lowest BCUT2D eigenvalue weighted by molar-refractivity contribution is 0.0698. The molecule has 6 nitrogen and oxygen atoms in total. The molecule has 1 saturated carbocycles. The first-order chi connectivity index (χ1) is 9.86. The van der Waals surface area contributed by atoms with Gasteiger partial charge < -0.3 is 24.8 Å². The molecule has 0 unspecified atom stereocenters. The molecular weight excluding hydrogens is 385 g/mol. The van der Waals surface area contributed by atoms with Crippen molar-refractivity contribution in [1.29, 1.82) is 0 Å². The van der Waals surface area contributed by atoms with Crippen molar-refractivity contribution in [3.63, 3.8) is 0 Å². The van der Waals surface area contributed by atoms with Crippen LogP contribution in [0.1, 0.15) is 19.3 Å². The minimum absolute atomic E-state index is 0. The Bertz CT molecular complexity index is 264. The fourth-order valence-corrected chi connectivity index (χ4v) is 1.62. The van der Waals surface area contributed by atoms with Crippen LogP contribution in [0.4, 0.5) is 0 Å². The second kappa shape index (κ2) is 14.8. The second-order valence-electron chi connectivity index (χ2n) is 4.90. The topological polar surface area (TPSA) is 64.1 Å². The molecule has 1 fully saturated rings. The Morgan fingerprint density at radius 1 is 1.05 bits per heavy atom. The van der Waals surface area contributed by atoms with Crippen LogP contribution >= 0.6 is 24.0 Å². The number of nitrogens with zero attached hydrogens (tertiary/aromatic N) is 1. The fraction of sp³-hybridized carbons (Fsp3) is 0.929. The zero-order chi connectivity index (χ0) is 14.5. The number of halogens is 1. The van der Waals surface area contributed by atoms with Crippen LogP contribution in [0.25, 0.3) is 0 Å². The summed E-state index contributed by atoms with van der Waals surface area (Å²) in [6.45, 7) is 5.31. The number of methoxy groups -OCH3 is 1. The van der Waals surface area contributed by atoms with E-state index in [2.05, 4.69) is 15.6 Å². The molecule has 0 aliphatic heterocycles. The molecule has 0 bridgehead atoms. The highest BCUT2D eigenvalue weighted by molar-refractivity contribution is 14.0. The predicted molar refractivity (Wildman–Crippen MR) is 95.6 cm³/mol. The van der Waals surface area contributed by atoms with Gasteiger partial charge in [0.15, 0.2) is 5.96 Å². The number of nitrogens with one attached hydrogen (secondary N) is 2. The van der Waals surface area contributed by atoms with Gasteiger partial charge >= 0.3 is 0 Å². The highest BCUT2D eigenvalue weighted by Crippen LogP contribution is 2.28. The Morgan fingerprint density at radius 3 is 2.48 bits per heavy atom. The van der Waals surface area contributed by atoms with E-state index in [0.29, 0.717) is 13.2 Å². The lowest BCUT2D eigenvalue weighted by atomic mass is 10.4. The van der Waals surface area contributed by atoms with Gasteiger partial charge in [-0.05, 0) is 25.2 Å². The minimum atomic E-state index is 0. The molecule has 0 heterocycles. The number of rotatable bonds is 12. The summed E-state index contributed by atoms with van der Waals surface area (Å²) in [5, 5.41) is 6.47. The maximum Gasteiger partial charge on any atom is 0.191 e. The standard InChI is InChI=1S/C14H29N3O3.HI/c1-15-14(16-6-3-8-19-11-10-18-2)17-7-9-20-12-13-4-5-13;/h13H,3-12H2,1-2H3,(H2,15,16,17);1H. The number of aliphatic imine (C=N–C) groups is 1. The summed E-state index contributed by atoms with van der Waals surface area (Å²) < 4.78 is 15.8. The average molecular weight is 415 g/mol. The van der Waals surface area contributed by atoms with Gasteiger partial charge in [-0.25, -0.2) is 0 Å². The second-order valence-corrected chi connectivity index (χ2v) is 4.90. The van der Waals surface area contributed by atoms with Crippen molar-refractivity contribution >= 4 is 29.9 Å². The largest absolute Gasteiger partial charge is 0.382 e. The maximum absolute atomic E-state index is 5.56. The van der Waals surface area contributed by atoms with Gasteiger partial charge in [-0.1, -0.05) is 0 Å². The van der Waals surface area contributed by atoms with Crippen molar-refractivity contribution in [2.75, 3.05) is 60.3 Å². The van der Waals surface area contributed by atoms with Crippen molar-refractivity contribution in [1.82, 2.24) is 10.6 Å². The van der Waals surface area contributed by atoms with E-state index < -0.39 is 0 Å². The maximum atomic E-state index is 5.56. The molecule has 0 aromatic carbocycles. The van der Waals surface area contributed by atoms with Gasteiger partial charge in [0.05, 0.1) is 19.8 Å². The molecule has 2 N–H and O–H groups in total. The van der Waals surface area contributed by atoms with Crippen LogP contribution in [-0.2, 0) is 14.2 Å². The quantitative estimate of drug-likeness (QED) is 0.218. The van der Waals surface area contributed by atoms with Crippen LogP contribution in [0.2, 0.25) is 0 Å². The summed E-state index contributed by atoms with van der Waals surface area (Å²) >= 11 is 0. The third-order valence-corrected chi connectivity index (χ3v) is 3.00. The molecule has 0 aromatic rings. The van der Waals surface area contributed by atoms with E-state index in [0.717, 1.165) is 51.2 Å². The van der Waals surface area contributed by atoms with Gasteiger partial charge in [-0.2, -0.15) is 0 Å². The average Bonchev–Trinajstić information content (AvgIpc) is 3.28. The Hall–Kier alpha value is -0.120. The molecule has 126 valence electrons. The molecule has 21 heavy (non-hydrogen) atoms. The summed E-state index contributed by atoms with van der Waals surface area (Å²) in [6.07, 6.45) is 3.62. The Morgan fingerprint density at radius 2 is 1.81 bits per heavy atom. The van der Waals surface area contributed by atoms with Crippen LogP contribution in [0.15, 0.2) is 4.99 Å². The lowest BCUT2D eigenvalue weighted by Gasteiger charge is -2.12. The first-order valence-electron chi connectivity index (χ1n) is 7.45. The highest BCUT2D eigenvalue weighted by atomic mass is 127. The first kappa shape index (κ1) is 20.9. The molecule has 0 radical (unpaired) electrons. The number of guanidine groups is 1. The molecule has 1 aliphatic rings. The summed E-state index contributed by atoms with van der Waals surface area (Å²) in [7, 11) is 3.45. The van der Waals surface area contributed by atoms with E-state index in [-0.39, 0.29) is 24.0 Å². The first-order valence-corrected chi connectivity index (χ1v) is 7.45. The van der Waals surface area contributed by atoms with Crippen molar-refractivity contribution in [3.8, 4) is 0 Å². The molecule has 0 aromatic heterocycles. The van der Waals surface area contributed by atoms with Gasteiger partial charge in [0, 0.05) is 40.5 Å². The van der Waals surface area contributed by atoms with Gasteiger partial charge in [0.2, 0.25) is 0 Å². The molecule has 1 aliphatic carbocycles. The highest BCUT2D eigenvalue weighted by Gasteiger charge is 2.20. The molecule has 0 amide bonds. The van der Waals surface area contributed by atoms with Crippen LogP contribution in [0.3, 0.4) is 0 Å². The Balaban J connectivity index is 0.00000400. The Labute approximate surface area is 145 Å². The molecule has 0 atom stereocenters. The van der Waals surface area contributed by atoms with Crippen molar-refractivity contribution in [2.45, 2.75) is 19.3 Å². The van der Waals surface area contributed by atoms with E-state index in [4.69, 9.17) is 14.2 Å². The van der Waals surface area contributed by atoms with Crippen LogP contribution in [0, 0.1) is 5.92 Å². The number of hydrogen-bond acceptors (Lipinski definition) is 4. The summed E-state index contributed by atoms with van der Waals surface area (Å²) in [5.41, 5.74) is 0. The summed E-state index contributed by atoms with van der Waals surface area (Å²) in [5.74, 6) is 1.64. The number of hydrogen-bond donors (Lipinski definition) is 2. The molecule has 0 saturated heterocycles.